The number of pyridine rings is 1. The van der Waals surface area contributed by atoms with E-state index in [1.807, 2.05) is 6.92 Å². The monoisotopic (exact) mass is 334 g/mol. The van der Waals surface area contributed by atoms with Crippen molar-refractivity contribution in [1.82, 2.24) is 10.3 Å². The van der Waals surface area contributed by atoms with Crippen LogP contribution in [0, 0.1) is 0 Å². The maximum Gasteiger partial charge on any atom is 0.270 e. The third-order valence-corrected chi connectivity index (χ3v) is 2.81. The molecule has 0 saturated carbocycles. The summed E-state index contributed by atoms with van der Waals surface area (Å²) in [7, 11) is 0. The van der Waals surface area contributed by atoms with E-state index in [0.717, 1.165) is 16.2 Å². The van der Waals surface area contributed by atoms with Gasteiger partial charge in [-0.2, -0.15) is 0 Å². The van der Waals surface area contributed by atoms with Crippen molar-refractivity contribution in [3.8, 4) is 0 Å². The Morgan fingerprint density at radius 3 is 2.87 bits per heavy atom. The number of nitrogens with zero attached hydrogens (tertiary/aromatic N) is 1. The average molecular weight is 336 g/mol. The minimum atomic E-state index is -0.129. The summed E-state index contributed by atoms with van der Waals surface area (Å²) in [4.78, 5) is 15.7. The summed E-state index contributed by atoms with van der Waals surface area (Å²) in [5.74, 6) is -0.129. The number of carbonyl (C=O) groups is 1. The van der Waals surface area contributed by atoms with Crippen molar-refractivity contribution in [1.29, 1.82) is 0 Å². The highest BCUT2D eigenvalue weighted by atomic mass is 79.9. The first-order valence-corrected chi connectivity index (χ1v) is 6.53. The van der Waals surface area contributed by atoms with E-state index in [-0.39, 0.29) is 11.9 Å². The fraction of sp³-hybridized carbons (Fsp3) is 0.400. The minimum absolute atomic E-state index is 0.129. The lowest BCUT2D eigenvalue weighted by atomic mass is 10.2. The fourth-order valence-electron chi connectivity index (χ4n) is 1.04. The SMILES string of the molecule is CC(CCBr)NC(=O)c1ccc(Br)cn1. The highest BCUT2D eigenvalue weighted by Crippen LogP contribution is 2.07. The lowest BCUT2D eigenvalue weighted by Crippen LogP contribution is -2.33. The third-order valence-electron chi connectivity index (χ3n) is 1.88. The maximum absolute atomic E-state index is 11.6. The number of amides is 1. The number of aromatic nitrogens is 1. The van der Waals surface area contributed by atoms with E-state index in [0.29, 0.717) is 5.69 Å². The van der Waals surface area contributed by atoms with Crippen LogP contribution in [0.1, 0.15) is 23.8 Å². The zero-order valence-electron chi connectivity index (χ0n) is 8.34. The van der Waals surface area contributed by atoms with E-state index in [1.165, 1.54) is 0 Å². The van der Waals surface area contributed by atoms with Crippen molar-refractivity contribution >= 4 is 37.8 Å². The van der Waals surface area contributed by atoms with Gasteiger partial charge in [-0.1, -0.05) is 15.9 Å². The fourth-order valence-corrected chi connectivity index (χ4v) is 1.96. The molecule has 0 aliphatic rings. The first kappa shape index (κ1) is 12.6. The van der Waals surface area contributed by atoms with E-state index in [4.69, 9.17) is 0 Å². The van der Waals surface area contributed by atoms with Gasteiger partial charge in [-0.25, -0.2) is 4.98 Å². The normalized spacial score (nSPS) is 12.2. The van der Waals surface area contributed by atoms with Crippen molar-refractivity contribution in [2.24, 2.45) is 0 Å². The molecule has 3 nitrogen and oxygen atoms in total. The van der Waals surface area contributed by atoms with Crippen LogP contribution in [-0.2, 0) is 0 Å². The summed E-state index contributed by atoms with van der Waals surface area (Å²) < 4.78 is 0.868. The molecule has 15 heavy (non-hydrogen) atoms. The molecule has 0 aliphatic heterocycles. The average Bonchev–Trinajstić information content (AvgIpc) is 2.18. The number of rotatable bonds is 4. The van der Waals surface area contributed by atoms with E-state index in [2.05, 4.69) is 42.2 Å². The molecule has 0 radical (unpaired) electrons. The smallest absolute Gasteiger partial charge is 0.270 e. The molecule has 0 aromatic carbocycles. The third kappa shape index (κ3) is 4.30. The highest BCUT2D eigenvalue weighted by molar-refractivity contribution is 9.10. The predicted molar refractivity (Wildman–Crippen MR) is 67.3 cm³/mol. The minimum Gasteiger partial charge on any atom is -0.348 e. The number of hydrogen-bond donors (Lipinski definition) is 1. The van der Waals surface area contributed by atoms with Crippen molar-refractivity contribution in [3.63, 3.8) is 0 Å². The number of halogens is 2. The Morgan fingerprint density at radius 2 is 2.33 bits per heavy atom. The molecule has 1 aromatic heterocycles. The van der Waals surface area contributed by atoms with Gasteiger partial charge in [0, 0.05) is 22.0 Å². The molecule has 1 atom stereocenters. The van der Waals surface area contributed by atoms with Gasteiger partial charge in [-0.15, -0.1) is 0 Å². The second-order valence-electron chi connectivity index (χ2n) is 3.21. The second kappa shape index (κ2) is 6.23. The van der Waals surface area contributed by atoms with Crippen molar-refractivity contribution < 1.29 is 4.79 Å². The van der Waals surface area contributed by atoms with Crippen LogP contribution in [-0.4, -0.2) is 22.3 Å². The molecule has 1 amide bonds. The quantitative estimate of drug-likeness (QED) is 0.860. The Kier molecular flexibility index (Phi) is 5.25. The Hall–Kier alpha value is -0.420. The van der Waals surface area contributed by atoms with Crippen LogP contribution < -0.4 is 5.32 Å². The van der Waals surface area contributed by atoms with Gasteiger partial charge in [-0.3, -0.25) is 4.79 Å². The lowest BCUT2D eigenvalue weighted by molar-refractivity contribution is 0.0934. The van der Waals surface area contributed by atoms with Gasteiger partial charge in [0.25, 0.3) is 5.91 Å². The maximum atomic E-state index is 11.6. The molecule has 1 aromatic rings. The van der Waals surface area contributed by atoms with Gasteiger partial charge in [-0.05, 0) is 41.4 Å². The Labute approximate surface area is 106 Å². The van der Waals surface area contributed by atoms with Crippen LogP contribution >= 0.6 is 31.9 Å². The second-order valence-corrected chi connectivity index (χ2v) is 4.92. The molecule has 5 heteroatoms. The van der Waals surface area contributed by atoms with Gasteiger partial charge in [0.15, 0.2) is 0 Å². The summed E-state index contributed by atoms with van der Waals surface area (Å²) in [6, 6.07) is 3.65. The molecule has 1 heterocycles. The number of alkyl halides is 1. The van der Waals surface area contributed by atoms with Gasteiger partial charge in [0.2, 0.25) is 0 Å². The first-order valence-electron chi connectivity index (χ1n) is 4.62. The lowest BCUT2D eigenvalue weighted by Gasteiger charge is -2.11. The summed E-state index contributed by atoms with van der Waals surface area (Å²) in [5, 5.41) is 3.75. The molecule has 1 unspecified atom stereocenters. The van der Waals surface area contributed by atoms with Crippen LogP contribution in [0.15, 0.2) is 22.8 Å². The molecule has 1 rings (SSSR count). The van der Waals surface area contributed by atoms with Crippen LogP contribution in [0.3, 0.4) is 0 Å². The van der Waals surface area contributed by atoms with Crippen molar-refractivity contribution in [3.05, 3.63) is 28.5 Å². The summed E-state index contributed by atoms with van der Waals surface area (Å²) in [5.41, 5.74) is 0.444. The number of nitrogens with one attached hydrogen (secondary N) is 1. The molecular formula is C10H12Br2N2O. The molecule has 0 bridgehead atoms. The molecule has 0 spiro atoms. The molecule has 82 valence electrons. The molecule has 0 fully saturated rings. The topological polar surface area (TPSA) is 42.0 Å². The standard InChI is InChI=1S/C10H12Br2N2O/c1-7(4-5-11)14-10(15)9-3-2-8(12)6-13-9/h2-3,6-7H,4-5H2,1H3,(H,14,15). The summed E-state index contributed by atoms with van der Waals surface area (Å²) in [6.07, 6.45) is 2.52. The predicted octanol–water partition coefficient (Wildman–Crippen LogP) is 2.75. The Morgan fingerprint density at radius 1 is 1.60 bits per heavy atom. The number of carbonyl (C=O) groups excluding carboxylic acids is 1. The summed E-state index contributed by atoms with van der Waals surface area (Å²) in [6.45, 7) is 1.97. The van der Waals surface area contributed by atoms with Gasteiger partial charge in [0.05, 0.1) is 0 Å². The van der Waals surface area contributed by atoms with E-state index < -0.39 is 0 Å². The van der Waals surface area contributed by atoms with Crippen molar-refractivity contribution in [2.75, 3.05) is 5.33 Å². The molecular weight excluding hydrogens is 324 g/mol. The van der Waals surface area contributed by atoms with Crippen LogP contribution in [0.25, 0.3) is 0 Å². The van der Waals surface area contributed by atoms with Gasteiger partial charge < -0.3 is 5.32 Å². The van der Waals surface area contributed by atoms with Gasteiger partial charge >= 0.3 is 0 Å². The van der Waals surface area contributed by atoms with E-state index in [9.17, 15) is 4.79 Å². The molecule has 0 saturated heterocycles. The summed E-state index contributed by atoms with van der Waals surface area (Å²) >= 11 is 6.60. The van der Waals surface area contributed by atoms with Crippen LogP contribution in [0.5, 0.6) is 0 Å². The largest absolute Gasteiger partial charge is 0.348 e. The zero-order chi connectivity index (χ0) is 11.3. The Bertz CT molecular complexity index is 327. The Balaban J connectivity index is 2.57. The first-order chi connectivity index (χ1) is 7.13. The van der Waals surface area contributed by atoms with Gasteiger partial charge in [0.1, 0.15) is 5.69 Å². The van der Waals surface area contributed by atoms with Crippen LogP contribution in [0.2, 0.25) is 0 Å². The zero-order valence-corrected chi connectivity index (χ0v) is 11.5. The van der Waals surface area contributed by atoms with E-state index in [1.54, 1.807) is 18.3 Å². The molecule has 1 N–H and O–H groups in total. The molecule has 0 aliphatic carbocycles. The van der Waals surface area contributed by atoms with Crippen LogP contribution in [0.4, 0.5) is 0 Å². The van der Waals surface area contributed by atoms with Crippen molar-refractivity contribution in [2.45, 2.75) is 19.4 Å². The highest BCUT2D eigenvalue weighted by Gasteiger charge is 2.09. The number of hydrogen-bond acceptors (Lipinski definition) is 2. The van der Waals surface area contributed by atoms with E-state index >= 15 is 0 Å².